The van der Waals surface area contributed by atoms with Gasteiger partial charge in [0.1, 0.15) is 5.82 Å². The number of pyridine rings is 1. The van der Waals surface area contributed by atoms with Crippen LogP contribution in [0.1, 0.15) is 20.3 Å². The van der Waals surface area contributed by atoms with Crippen LogP contribution in [-0.4, -0.2) is 41.6 Å². The van der Waals surface area contributed by atoms with Crippen LogP contribution >= 0.6 is 11.8 Å². The minimum Gasteiger partial charge on any atom is -0.370 e. The van der Waals surface area contributed by atoms with Crippen molar-refractivity contribution in [2.45, 2.75) is 26.3 Å². The second-order valence-corrected chi connectivity index (χ2v) is 5.37. The predicted octanol–water partition coefficient (Wildman–Crippen LogP) is 3.00. The highest BCUT2D eigenvalue weighted by Crippen LogP contribution is 2.29. The van der Waals surface area contributed by atoms with Crippen molar-refractivity contribution < 1.29 is 4.92 Å². The molecule has 112 valence electrons. The third-order valence-electron chi connectivity index (χ3n) is 3.12. The fraction of sp³-hybridized carbons (Fsp3) is 0.615. The van der Waals surface area contributed by atoms with E-state index < -0.39 is 0 Å². The topological polar surface area (TPSA) is 71.3 Å². The summed E-state index contributed by atoms with van der Waals surface area (Å²) in [5.41, 5.74) is 0.0497. The lowest BCUT2D eigenvalue weighted by molar-refractivity contribution is -0.384. The average Bonchev–Trinajstić information content (AvgIpc) is 2.44. The van der Waals surface area contributed by atoms with E-state index in [1.807, 2.05) is 25.1 Å². The molecule has 1 N–H and O–H groups in total. The van der Waals surface area contributed by atoms with Crippen LogP contribution in [0.3, 0.4) is 0 Å². The largest absolute Gasteiger partial charge is 0.370 e. The van der Waals surface area contributed by atoms with Crippen molar-refractivity contribution in [3.63, 3.8) is 0 Å². The van der Waals surface area contributed by atoms with Crippen molar-refractivity contribution in [2.75, 3.05) is 35.8 Å². The molecular weight excluding hydrogens is 276 g/mol. The smallest absolute Gasteiger partial charge is 0.311 e. The Labute approximate surface area is 124 Å². The fourth-order valence-corrected chi connectivity index (χ4v) is 2.84. The van der Waals surface area contributed by atoms with Crippen molar-refractivity contribution in [2.24, 2.45) is 0 Å². The molecule has 1 atom stereocenters. The molecule has 1 rings (SSSR count). The van der Waals surface area contributed by atoms with Crippen LogP contribution < -0.4 is 10.2 Å². The molecule has 1 aromatic heterocycles. The summed E-state index contributed by atoms with van der Waals surface area (Å²) in [6.45, 7) is 4.78. The molecule has 0 saturated carbocycles. The van der Waals surface area contributed by atoms with Crippen molar-refractivity contribution in [1.82, 2.24) is 4.98 Å². The summed E-state index contributed by atoms with van der Waals surface area (Å²) in [4.78, 5) is 17.1. The molecule has 1 heterocycles. The van der Waals surface area contributed by atoms with Crippen molar-refractivity contribution in [3.8, 4) is 0 Å². The van der Waals surface area contributed by atoms with Gasteiger partial charge < -0.3 is 10.2 Å². The molecule has 20 heavy (non-hydrogen) atoms. The predicted molar refractivity (Wildman–Crippen MR) is 85.9 cm³/mol. The molecule has 0 radical (unpaired) electrons. The number of hydrogen-bond donors (Lipinski definition) is 1. The zero-order valence-electron chi connectivity index (χ0n) is 12.4. The van der Waals surface area contributed by atoms with Gasteiger partial charge in [-0.3, -0.25) is 10.1 Å². The average molecular weight is 298 g/mol. The van der Waals surface area contributed by atoms with E-state index in [2.05, 4.69) is 17.2 Å². The van der Waals surface area contributed by atoms with Crippen LogP contribution in [0, 0.1) is 10.1 Å². The maximum absolute atomic E-state index is 11.2. The number of rotatable bonds is 8. The van der Waals surface area contributed by atoms with Gasteiger partial charge in [0.05, 0.1) is 4.92 Å². The first-order chi connectivity index (χ1) is 9.54. The van der Waals surface area contributed by atoms with E-state index in [0.717, 1.165) is 18.7 Å². The standard InChI is InChI=1S/C13H22N4O2S/c1-5-10(9-20-4)16(3)13-11(17(18)19)7-8-12(15-13)14-6-2/h7-8,10H,5-6,9H2,1-4H3,(H,14,15). The molecule has 0 bridgehead atoms. The van der Waals surface area contributed by atoms with Gasteiger partial charge in [0.2, 0.25) is 5.82 Å². The molecule has 0 fully saturated rings. The van der Waals surface area contributed by atoms with E-state index in [1.54, 1.807) is 17.8 Å². The lowest BCUT2D eigenvalue weighted by atomic mass is 10.2. The van der Waals surface area contributed by atoms with Gasteiger partial charge in [-0.2, -0.15) is 11.8 Å². The van der Waals surface area contributed by atoms with Gasteiger partial charge in [-0.15, -0.1) is 0 Å². The van der Waals surface area contributed by atoms with Gasteiger partial charge in [0.25, 0.3) is 0 Å². The van der Waals surface area contributed by atoms with Crippen LogP contribution in [0.5, 0.6) is 0 Å². The molecule has 1 aromatic rings. The first kappa shape index (κ1) is 16.6. The van der Waals surface area contributed by atoms with Gasteiger partial charge in [-0.05, 0) is 25.7 Å². The maximum atomic E-state index is 11.2. The SMILES string of the molecule is CCNc1ccc([N+](=O)[O-])c(N(C)C(CC)CSC)n1. The number of thioether (sulfide) groups is 1. The summed E-state index contributed by atoms with van der Waals surface area (Å²) in [6, 6.07) is 3.39. The molecule has 0 aromatic carbocycles. The summed E-state index contributed by atoms with van der Waals surface area (Å²) in [7, 11) is 1.87. The number of anilines is 2. The van der Waals surface area contributed by atoms with E-state index in [9.17, 15) is 10.1 Å². The Bertz CT molecular complexity index is 456. The molecule has 1 unspecified atom stereocenters. The number of aromatic nitrogens is 1. The quantitative estimate of drug-likeness (QED) is 0.587. The first-order valence-corrected chi connectivity index (χ1v) is 8.05. The summed E-state index contributed by atoms with van der Waals surface area (Å²) in [6.07, 6.45) is 2.95. The minimum atomic E-state index is -0.375. The second-order valence-electron chi connectivity index (χ2n) is 4.45. The highest BCUT2D eigenvalue weighted by molar-refractivity contribution is 7.98. The molecule has 6 nitrogen and oxygen atoms in total. The highest BCUT2D eigenvalue weighted by Gasteiger charge is 2.23. The van der Waals surface area contributed by atoms with E-state index in [0.29, 0.717) is 11.6 Å². The van der Waals surface area contributed by atoms with Gasteiger partial charge in [-0.25, -0.2) is 4.98 Å². The van der Waals surface area contributed by atoms with E-state index in [-0.39, 0.29) is 16.7 Å². The zero-order valence-corrected chi connectivity index (χ0v) is 13.2. The van der Waals surface area contributed by atoms with Crippen LogP contribution in [0.15, 0.2) is 12.1 Å². The monoisotopic (exact) mass is 298 g/mol. The lowest BCUT2D eigenvalue weighted by Crippen LogP contribution is -2.34. The summed E-state index contributed by atoms with van der Waals surface area (Å²) in [5, 5.41) is 14.3. The third-order valence-corrected chi connectivity index (χ3v) is 3.84. The Kier molecular flexibility index (Phi) is 6.57. The molecule has 0 aliphatic heterocycles. The molecule has 0 spiro atoms. The van der Waals surface area contributed by atoms with Gasteiger partial charge in [0.15, 0.2) is 0 Å². The Morgan fingerprint density at radius 3 is 2.70 bits per heavy atom. The zero-order chi connectivity index (χ0) is 15.1. The number of nitrogens with zero attached hydrogens (tertiary/aromatic N) is 3. The second kappa shape index (κ2) is 7.94. The normalized spacial score (nSPS) is 12.0. The van der Waals surface area contributed by atoms with Crippen molar-refractivity contribution >= 4 is 29.1 Å². The molecule has 0 amide bonds. The molecule has 0 aliphatic carbocycles. The first-order valence-electron chi connectivity index (χ1n) is 6.66. The molecule has 7 heteroatoms. The number of hydrogen-bond acceptors (Lipinski definition) is 6. The maximum Gasteiger partial charge on any atom is 0.311 e. The molecule has 0 aliphatic rings. The van der Waals surface area contributed by atoms with Crippen molar-refractivity contribution in [3.05, 3.63) is 22.2 Å². The van der Waals surface area contributed by atoms with Crippen LogP contribution in [-0.2, 0) is 0 Å². The van der Waals surface area contributed by atoms with E-state index in [4.69, 9.17) is 0 Å². The number of nitro groups is 1. The Balaban J connectivity index is 3.16. The van der Waals surface area contributed by atoms with Gasteiger partial charge in [-0.1, -0.05) is 6.92 Å². The third kappa shape index (κ3) is 4.00. The molecule has 0 saturated heterocycles. The van der Waals surface area contributed by atoms with Crippen LogP contribution in [0.25, 0.3) is 0 Å². The molecular formula is C13H22N4O2S. The fourth-order valence-electron chi connectivity index (χ4n) is 1.99. The van der Waals surface area contributed by atoms with Gasteiger partial charge in [0, 0.05) is 31.5 Å². The lowest BCUT2D eigenvalue weighted by Gasteiger charge is -2.27. The summed E-state index contributed by atoms with van der Waals surface area (Å²) < 4.78 is 0. The summed E-state index contributed by atoms with van der Waals surface area (Å²) >= 11 is 1.73. The van der Waals surface area contributed by atoms with Crippen LogP contribution in [0.4, 0.5) is 17.3 Å². The Hall–Kier alpha value is -1.50. The minimum absolute atomic E-state index is 0.0497. The summed E-state index contributed by atoms with van der Waals surface area (Å²) in [5.74, 6) is 2.00. The van der Waals surface area contributed by atoms with Crippen LogP contribution in [0.2, 0.25) is 0 Å². The van der Waals surface area contributed by atoms with Gasteiger partial charge >= 0.3 is 5.69 Å². The Morgan fingerprint density at radius 2 is 2.20 bits per heavy atom. The van der Waals surface area contributed by atoms with E-state index in [1.165, 1.54) is 6.07 Å². The Morgan fingerprint density at radius 1 is 1.50 bits per heavy atom. The number of nitrogens with one attached hydrogen (secondary N) is 1. The van der Waals surface area contributed by atoms with Crippen molar-refractivity contribution in [1.29, 1.82) is 0 Å². The van der Waals surface area contributed by atoms with E-state index >= 15 is 0 Å². The highest BCUT2D eigenvalue weighted by atomic mass is 32.2.